The predicted octanol–water partition coefficient (Wildman–Crippen LogP) is 1.70. The van der Waals surface area contributed by atoms with Gasteiger partial charge in [-0.1, -0.05) is 18.2 Å². The summed E-state index contributed by atoms with van der Waals surface area (Å²) >= 11 is 0. The second kappa shape index (κ2) is 4.89. The summed E-state index contributed by atoms with van der Waals surface area (Å²) in [5, 5.41) is 10.4. The highest BCUT2D eigenvalue weighted by Crippen LogP contribution is 2.14. The third kappa shape index (κ3) is 3.47. The maximum absolute atomic E-state index is 11.4. The molecule has 0 atom stereocenters. The van der Waals surface area contributed by atoms with Crippen LogP contribution in [0.4, 0.5) is 5.69 Å². The maximum Gasteiger partial charge on any atom is 0.269 e. The molecule has 0 bridgehead atoms. The lowest BCUT2D eigenvalue weighted by atomic mass is 10.2. The van der Waals surface area contributed by atoms with Crippen molar-refractivity contribution in [2.45, 2.75) is 5.75 Å². The fourth-order valence-electron chi connectivity index (χ4n) is 1.21. The Hall–Kier alpha value is -1.69. The van der Waals surface area contributed by atoms with Gasteiger partial charge in [0.05, 0.1) is 16.4 Å². The summed E-state index contributed by atoms with van der Waals surface area (Å²) < 4.78 is 22.8. The van der Waals surface area contributed by atoms with E-state index in [9.17, 15) is 18.5 Å². The van der Waals surface area contributed by atoms with Gasteiger partial charge in [-0.25, -0.2) is 8.42 Å². The second-order valence-corrected chi connectivity index (χ2v) is 5.38. The Kier molecular flexibility index (Phi) is 3.78. The predicted molar refractivity (Wildman–Crippen MR) is 60.8 cm³/mol. The molecule has 0 saturated carbocycles. The summed E-state index contributed by atoms with van der Waals surface area (Å²) in [6.45, 7) is 3.36. The van der Waals surface area contributed by atoms with Crippen molar-refractivity contribution in [1.29, 1.82) is 0 Å². The highest BCUT2D eigenvalue weighted by molar-refractivity contribution is 7.90. The minimum absolute atomic E-state index is 0.0510. The Labute approximate surface area is 93.5 Å². The number of benzene rings is 1. The molecular formula is C10H11NO4S. The molecule has 86 valence electrons. The first-order chi connectivity index (χ1) is 7.44. The Morgan fingerprint density at radius 2 is 1.88 bits per heavy atom. The van der Waals surface area contributed by atoms with Gasteiger partial charge in [0.15, 0.2) is 9.84 Å². The van der Waals surface area contributed by atoms with Gasteiger partial charge in [-0.3, -0.25) is 10.1 Å². The van der Waals surface area contributed by atoms with Gasteiger partial charge in [0, 0.05) is 12.1 Å². The number of nitro benzene ring substituents is 1. The lowest BCUT2D eigenvalue weighted by Gasteiger charge is -2.01. The third-order valence-corrected chi connectivity index (χ3v) is 3.42. The molecule has 16 heavy (non-hydrogen) atoms. The Morgan fingerprint density at radius 1 is 1.31 bits per heavy atom. The van der Waals surface area contributed by atoms with E-state index in [2.05, 4.69) is 6.58 Å². The van der Waals surface area contributed by atoms with Crippen molar-refractivity contribution in [3.63, 3.8) is 0 Å². The fraction of sp³-hybridized carbons (Fsp3) is 0.200. The number of hydrogen-bond donors (Lipinski definition) is 0. The Bertz CT molecular complexity index is 490. The van der Waals surface area contributed by atoms with Crippen molar-refractivity contribution in [3.8, 4) is 0 Å². The van der Waals surface area contributed by atoms with Crippen LogP contribution in [0.3, 0.4) is 0 Å². The van der Waals surface area contributed by atoms with Crippen LogP contribution in [0.2, 0.25) is 0 Å². The SMILES string of the molecule is C=CCS(=O)(=O)Cc1ccc([N+](=O)[O-])cc1. The molecule has 1 aromatic rings. The minimum atomic E-state index is -3.21. The van der Waals surface area contributed by atoms with E-state index >= 15 is 0 Å². The average Bonchev–Trinajstić information content (AvgIpc) is 2.17. The summed E-state index contributed by atoms with van der Waals surface area (Å²) in [6.07, 6.45) is 1.32. The molecule has 0 heterocycles. The van der Waals surface area contributed by atoms with E-state index in [4.69, 9.17) is 0 Å². The molecule has 1 aromatic carbocycles. The fourth-order valence-corrected chi connectivity index (χ4v) is 2.38. The zero-order chi connectivity index (χ0) is 12.2. The van der Waals surface area contributed by atoms with Crippen molar-refractivity contribution in [1.82, 2.24) is 0 Å². The van der Waals surface area contributed by atoms with Crippen LogP contribution in [0, 0.1) is 10.1 Å². The maximum atomic E-state index is 11.4. The van der Waals surface area contributed by atoms with Crippen molar-refractivity contribution in [2.75, 3.05) is 5.75 Å². The zero-order valence-corrected chi connectivity index (χ0v) is 9.31. The van der Waals surface area contributed by atoms with E-state index in [1.807, 2.05) is 0 Å². The molecule has 0 unspecified atom stereocenters. The van der Waals surface area contributed by atoms with Gasteiger partial charge in [0.2, 0.25) is 0 Å². The van der Waals surface area contributed by atoms with Crippen LogP contribution in [0.15, 0.2) is 36.9 Å². The van der Waals surface area contributed by atoms with E-state index in [0.29, 0.717) is 5.56 Å². The molecule has 0 radical (unpaired) electrons. The highest BCUT2D eigenvalue weighted by atomic mass is 32.2. The van der Waals surface area contributed by atoms with Crippen LogP contribution >= 0.6 is 0 Å². The van der Waals surface area contributed by atoms with Crippen LogP contribution in [0.25, 0.3) is 0 Å². The van der Waals surface area contributed by atoms with E-state index in [1.54, 1.807) is 0 Å². The molecule has 0 aliphatic heterocycles. The van der Waals surface area contributed by atoms with Gasteiger partial charge in [-0.15, -0.1) is 6.58 Å². The zero-order valence-electron chi connectivity index (χ0n) is 8.50. The number of non-ortho nitro benzene ring substituents is 1. The van der Waals surface area contributed by atoms with E-state index < -0.39 is 14.8 Å². The van der Waals surface area contributed by atoms with E-state index in [1.165, 1.54) is 30.3 Å². The summed E-state index contributed by atoms with van der Waals surface area (Å²) in [5.74, 6) is -0.221. The molecule has 5 nitrogen and oxygen atoms in total. The first kappa shape index (κ1) is 12.4. The van der Waals surface area contributed by atoms with E-state index in [-0.39, 0.29) is 17.2 Å². The molecule has 0 saturated heterocycles. The summed E-state index contributed by atoms with van der Waals surface area (Å²) in [7, 11) is -3.21. The van der Waals surface area contributed by atoms with Gasteiger partial charge in [-0.05, 0) is 5.56 Å². The molecule has 6 heteroatoms. The number of sulfone groups is 1. The van der Waals surface area contributed by atoms with Gasteiger partial charge in [0.1, 0.15) is 0 Å². The van der Waals surface area contributed by atoms with Crippen LogP contribution in [-0.4, -0.2) is 19.1 Å². The van der Waals surface area contributed by atoms with Crippen LogP contribution < -0.4 is 0 Å². The summed E-state index contributed by atoms with van der Waals surface area (Å²) in [6, 6.07) is 5.47. The van der Waals surface area contributed by atoms with Crippen molar-refractivity contribution >= 4 is 15.5 Å². The molecular weight excluding hydrogens is 230 g/mol. The topological polar surface area (TPSA) is 77.3 Å². The summed E-state index contributed by atoms with van der Waals surface area (Å²) in [5.41, 5.74) is 0.484. The number of nitro groups is 1. The summed E-state index contributed by atoms with van der Waals surface area (Å²) in [4.78, 5) is 9.85. The lowest BCUT2D eigenvalue weighted by molar-refractivity contribution is -0.384. The molecule has 0 amide bonds. The second-order valence-electron chi connectivity index (χ2n) is 3.27. The van der Waals surface area contributed by atoms with Gasteiger partial charge >= 0.3 is 0 Å². The Morgan fingerprint density at radius 3 is 2.31 bits per heavy atom. The van der Waals surface area contributed by atoms with E-state index in [0.717, 1.165) is 0 Å². The molecule has 0 N–H and O–H groups in total. The van der Waals surface area contributed by atoms with Crippen LogP contribution in [-0.2, 0) is 15.6 Å². The molecule has 0 aliphatic rings. The molecule has 1 rings (SSSR count). The normalized spacial score (nSPS) is 11.0. The van der Waals surface area contributed by atoms with Crippen LogP contribution in [0.5, 0.6) is 0 Å². The van der Waals surface area contributed by atoms with Crippen molar-refractivity contribution in [2.24, 2.45) is 0 Å². The van der Waals surface area contributed by atoms with Gasteiger partial charge in [-0.2, -0.15) is 0 Å². The molecule has 0 aliphatic carbocycles. The molecule has 0 fully saturated rings. The largest absolute Gasteiger partial charge is 0.269 e. The van der Waals surface area contributed by atoms with Crippen LogP contribution in [0.1, 0.15) is 5.56 Å². The highest BCUT2D eigenvalue weighted by Gasteiger charge is 2.11. The lowest BCUT2D eigenvalue weighted by Crippen LogP contribution is -2.07. The van der Waals surface area contributed by atoms with Gasteiger partial charge < -0.3 is 0 Å². The van der Waals surface area contributed by atoms with Crippen molar-refractivity contribution < 1.29 is 13.3 Å². The first-order valence-electron chi connectivity index (χ1n) is 4.49. The number of hydrogen-bond acceptors (Lipinski definition) is 4. The quantitative estimate of drug-likeness (QED) is 0.446. The number of rotatable bonds is 5. The number of nitrogens with zero attached hydrogens (tertiary/aromatic N) is 1. The standard InChI is InChI=1S/C10H11NO4S/c1-2-7-16(14,15)8-9-3-5-10(6-4-9)11(12)13/h2-6H,1,7-8H2. The molecule has 0 aromatic heterocycles. The third-order valence-electron chi connectivity index (χ3n) is 1.91. The first-order valence-corrected chi connectivity index (χ1v) is 6.31. The smallest absolute Gasteiger partial charge is 0.258 e. The monoisotopic (exact) mass is 241 g/mol. The average molecular weight is 241 g/mol. The molecule has 0 spiro atoms. The van der Waals surface area contributed by atoms with Gasteiger partial charge in [0.25, 0.3) is 5.69 Å². The van der Waals surface area contributed by atoms with Crippen molar-refractivity contribution in [3.05, 3.63) is 52.6 Å². The Balaban J connectivity index is 2.84. The minimum Gasteiger partial charge on any atom is -0.258 e.